The molecule has 2 rings (SSSR count). The smallest absolute Gasteiger partial charge is 0.408 e. The van der Waals surface area contributed by atoms with E-state index in [-0.39, 0.29) is 17.7 Å². The van der Waals surface area contributed by atoms with Crippen LogP contribution in [-0.4, -0.2) is 45.6 Å². The minimum atomic E-state index is -1.09. The SMILES string of the molecule is Cc1cc(C(C(=O)Nc2c(C)cccc2Cl)N(C(=O)C(NC(=O)OC(C)(C)C)C(C)C)C(C)CCC(C)C)ccc1O. The number of hydrogen-bond donors (Lipinski definition) is 3. The topological polar surface area (TPSA) is 108 Å². The number of rotatable bonds is 11. The van der Waals surface area contributed by atoms with Gasteiger partial charge in [-0.3, -0.25) is 9.59 Å². The van der Waals surface area contributed by atoms with Gasteiger partial charge < -0.3 is 25.4 Å². The second-order valence-corrected chi connectivity index (χ2v) is 13.2. The highest BCUT2D eigenvalue weighted by Crippen LogP contribution is 2.33. The van der Waals surface area contributed by atoms with Gasteiger partial charge in [-0.25, -0.2) is 4.79 Å². The maximum atomic E-state index is 14.5. The van der Waals surface area contributed by atoms with Crippen LogP contribution in [0.2, 0.25) is 5.02 Å². The molecule has 0 heterocycles. The summed E-state index contributed by atoms with van der Waals surface area (Å²) >= 11 is 6.47. The van der Waals surface area contributed by atoms with Gasteiger partial charge in [0.1, 0.15) is 23.4 Å². The average molecular weight is 602 g/mol. The highest BCUT2D eigenvalue weighted by atomic mass is 35.5. The zero-order valence-corrected chi connectivity index (χ0v) is 27.4. The molecule has 3 N–H and O–H groups in total. The summed E-state index contributed by atoms with van der Waals surface area (Å²) in [5.74, 6) is -0.716. The number of phenolic OH excluding ortho intramolecular Hbond substituents is 1. The standard InChI is InChI=1S/C33H48ClN3O5/c1-19(2)14-15-23(7)37(31(40)27(20(3)4)36-32(41)42-33(8,9)10)29(24-16-17-26(38)22(6)18-24)30(39)35-28-21(5)12-11-13-25(28)34/h11-13,16-20,23,27,29,38H,14-15H2,1-10H3,(H,35,39)(H,36,41). The number of carbonyl (C=O) groups excluding carboxylic acids is 3. The molecule has 3 atom stereocenters. The molecule has 0 aliphatic heterocycles. The van der Waals surface area contributed by atoms with Crippen LogP contribution in [0.15, 0.2) is 36.4 Å². The fraction of sp³-hybridized carbons (Fsp3) is 0.545. The lowest BCUT2D eigenvalue weighted by molar-refractivity contribution is -0.144. The van der Waals surface area contributed by atoms with Crippen LogP contribution in [-0.2, 0) is 14.3 Å². The molecule has 0 radical (unpaired) electrons. The number of ether oxygens (including phenoxy) is 1. The van der Waals surface area contributed by atoms with Gasteiger partial charge in [-0.1, -0.05) is 57.5 Å². The van der Waals surface area contributed by atoms with Crippen LogP contribution >= 0.6 is 11.6 Å². The number of halogens is 1. The van der Waals surface area contributed by atoms with E-state index in [4.69, 9.17) is 16.3 Å². The van der Waals surface area contributed by atoms with Gasteiger partial charge >= 0.3 is 6.09 Å². The second-order valence-electron chi connectivity index (χ2n) is 12.8. The van der Waals surface area contributed by atoms with Crippen molar-refractivity contribution in [1.82, 2.24) is 10.2 Å². The average Bonchev–Trinajstić information content (AvgIpc) is 2.86. The summed E-state index contributed by atoms with van der Waals surface area (Å²) in [6.07, 6.45) is 0.744. The molecule has 0 spiro atoms. The van der Waals surface area contributed by atoms with Crippen LogP contribution in [0.5, 0.6) is 5.75 Å². The molecule has 0 aliphatic carbocycles. The van der Waals surface area contributed by atoms with Crippen LogP contribution in [0.25, 0.3) is 0 Å². The summed E-state index contributed by atoms with van der Waals surface area (Å²) in [4.78, 5) is 43.2. The molecular formula is C33H48ClN3O5. The monoisotopic (exact) mass is 601 g/mol. The largest absolute Gasteiger partial charge is 0.508 e. The summed E-state index contributed by atoms with van der Waals surface area (Å²) in [5.41, 5.74) is 1.57. The molecule has 0 fully saturated rings. The van der Waals surface area contributed by atoms with Crippen LogP contribution in [0.4, 0.5) is 10.5 Å². The molecule has 3 amide bonds. The minimum absolute atomic E-state index is 0.0808. The Labute approximate surface area is 256 Å². The number of hydrogen-bond acceptors (Lipinski definition) is 5. The second kappa shape index (κ2) is 14.8. The number of amides is 3. The molecule has 0 saturated carbocycles. The Hall–Kier alpha value is -3.26. The van der Waals surface area contributed by atoms with Crippen LogP contribution in [0.1, 0.15) is 91.0 Å². The molecule has 0 bridgehead atoms. The number of nitrogens with one attached hydrogen (secondary N) is 2. The third kappa shape index (κ3) is 9.65. The van der Waals surface area contributed by atoms with E-state index in [1.165, 1.54) is 6.07 Å². The molecule has 232 valence electrons. The quantitative estimate of drug-likeness (QED) is 0.246. The lowest BCUT2D eigenvalue weighted by atomic mass is 9.94. The van der Waals surface area contributed by atoms with E-state index in [2.05, 4.69) is 24.5 Å². The number of nitrogens with zero attached hydrogens (tertiary/aromatic N) is 1. The van der Waals surface area contributed by atoms with E-state index < -0.39 is 35.6 Å². The van der Waals surface area contributed by atoms with Crippen molar-refractivity contribution >= 4 is 35.2 Å². The molecule has 0 aromatic heterocycles. The summed E-state index contributed by atoms with van der Waals surface area (Å²) in [5, 5.41) is 16.4. The van der Waals surface area contributed by atoms with Crippen molar-refractivity contribution in [3.8, 4) is 5.75 Å². The first-order valence-corrected chi connectivity index (χ1v) is 15.0. The molecule has 3 unspecified atom stereocenters. The molecule has 2 aromatic carbocycles. The first-order chi connectivity index (χ1) is 19.4. The number of aryl methyl sites for hydroxylation is 2. The van der Waals surface area contributed by atoms with Gasteiger partial charge in [-0.2, -0.15) is 0 Å². The van der Waals surface area contributed by atoms with Gasteiger partial charge in [0.05, 0.1) is 10.7 Å². The van der Waals surface area contributed by atoms with E-state index in [9.17, 15) is 19.5 Å². The molecule has 8 nitrogen and oxygen atoms in total. The molecule has 9 heteroatoms. The van der Waals surface area contributed by atoms with Crippen molar-refractivity contribution < 1.29 is 24.2 Å². The van der Waals surface area contributed by atoms with Crippen molar-refractivity contribution in [2.75, 3.05) is 5.32 Å². The lowest BCUT2D eigenvalue weighted by Crippen LogP contribution is -2.56. The Morgan fingerprint density at radius 3 is 2.14 bits per heavy atom. The number of para-hydroxylation sites is 1. The van der Waals surface area contributed by atoms with Gasteiger partial charge in [0.2, 0.25) is 5.91 Å². The van der Waals surface area contributed by atoms with E-state index in [1.54, 1.807) is 56.9 Å². The minimum Gasteiger partial charge on any atom is -0.508 e. The zero-order valence-electron chi connectivity index (χ0n) is 26.7. The summed E-state index contributed by atoms with van der Waals surface area (Å²) in [6.45, 7) is 18.6. The third-order valence-corrected chi connectivity index (χ3v) is 7.34. The van der Waals surface area contributed by atoms with Crippen LogP contribution in [0.3, 0.4) is 0 Å². The van der Waals surface area contributed by atoms with Crippen LogP contribution in [0, 0.1) is 25.7 Å². The van der Waals surface area contributed by atoms with Gasteiger partial charge in [0.25, 0.3) is 5.91 Å². The number of benzene rings is 2. The van der Waals surface area contributed by atoms with E-state index >= 15 is 0 Å². The highest BCUT2D eigenvalue weighted by molar-refractivity contribution is 6.34. The molecule has 0 aliphatic rings. The number of phenols is 1. The molecular weight excluding hydrogens is 554 g/mol. The lowest BCUT2D eigenvalue weighted by Gasteiger charge is -2.39. The fourth-order valence-electron chi connectivity index (χ4n) is 4.69. The Morgan fingerprint density at radius 1 is 0.976 bits per heavy atom. The predicted octanol–water partition coefficient (Wildman–Crippen LogP) is 7.54. The Kier molecular flexibility index (Phi) is 12.3. The number of carbonyl (C=O) groups is 3. The van der Waals surface area contributed by atoms with Gasteiger partial charge in [-0.05, 0) is 101 Å². The first-order valence-electron chi connectivity index (χ1n) is 14.6. The fourth-order valence-corrected chi connectivity index (χ4v) is 4.96. The number of anilines is 1. The van der Waals surface area contributed by atoms with Crippen molar-refractivity contribution in [2.45, 2.75) is 106 Å². The Bertz CT molecular complexity index is 1230. The summed E-state index contributed by atoms with van der Waals surface area (Å²) in [7, 11) is 0. The van der Waals surface area contributed by atoms with E-state index in [0.29, 0.717) is 34.2 Å². The van der Waals surface area contributed by atoms with E-state index in [1.807, 2.05) is 33.8 Å². The normalized spacial score (nSPS) is 13.8. The highest BCUT2D eigenvalue weighted by Gasteiger charge is 2.40. The summed E-state index contributed by atoms with van der Waals surface area (Å²) < 4.78 is 5.47. The van der Waals surface area contributed by atoms with Crippen molar-refractivity contribution in [3.63, 3.8) is 0 Å². The maximum absolute atomic E-state index is 14.5. The Balaban J connectivity index is 2.70. The van der Waals surface area contributed by atoms with Crippen LogP contribution < -0.4 is 10.6 Å². The van der Waals surface area contributed by atoms with Gasteiger partial charge in [-0.15, -0.1) is 0 Å². The van der Waals surface area contributed by atoms with E-state index in [0.717, 1.165) is 12.0 Å². The first kappa shape index (κ1) is 34.9. The maximum Gasteiger partial charge on any atom is 0.408 e. The number of aromatic hydroxyl groups is 1. The summed E-state index contributed by atoms with van der Waals surface area (Å²) in [6, 6.07) is 7.78. The molecule has 2 aromatic rings. The van der Waals surface area contributed by atoms with Gasteiger partial charge in [0, 0.05) is 6.04 Å². The molecule has 42 heavy (non-hydrogen) atoms. The zero-order chi connectivity index (χ0) is 31.9. The Morgan fingerprint density at radius 2 is 1.62 bits per heavy atom. The van der Waals surface area contributed by atoms with Crippen molar-refractivity contribution in [2.24, 2.45) is 11.8 Å². The molecule has 0 saturated heterocycles. The number of alkyl carbamates (subject to hydrolysis) is 1. The predicted molar refractivity (Wildman–Crippen MR) is 169 cm³/mol. The van der Waals surface area contributed by atoms with Crippen molar-refractivity contribution in [3.05, 3.63) is 58.1 Å². The van der Waals surface area contributed by atoms with Crippen molar-refractivity contribution in [1.29, 1.82) is 0 Å². The van der Waals surface area contributed by atoms with Gasteiger partial charge in [0.15, 0.2) is 0 Å². The third-order valence-electron chi connectivity index (χ3n) is 7.03.